The Hall–Kier alpha value is -1.11. The van der Waals surface area contributed by atoms with Crippen molar-refractivity contribution in [1.29, 1.82) is 0 Å². The number of ketones is 1. The molecule has 1 heteroatoms. The van der Waals surface area contributed by atoms with E-state index in [1.807, 2.05) is 53.7 Å². The van der Waals surface area contributed by atoms with Crippen LogP contribution in [0.4, 0.5) is 0 Å². The average molecular weight is 208 g/mol. The van der Waals surface area contributed by atoms with Crippen LogP contribution in [0, 0.1) is 0 Å². The van der Waals surface area contributed by atoms with E-state index in [1.165, 1.54) is 5.57 Å². The van der Waals surface area contributed by atoms with E-state index in [4.69, 9.17) is 0 Å². The molecule has 0 fully saturated rings. The molecule has 0 rings (SSSR count). The maximum atomic E-state index is 11.2. The molecule has 0 heterocycles. The minimum absolute atomic E-state index is 0.114. The van der Waals surface area contributed by atoms with E-state index in [9.17, 15) is 4.79 Å². The Morgan fingerprint density at radius 3 is 2.00 bits per heavy atom. The standard InChI is InChI=1S/C12H18O.C2H6/c1-6-9(3)10(4)8-11(5)12(13)7-2;1-2/h6,8H,5,7H2,1-4H3;1-2H3/b9-6-,10-8-;. The van der Waals surface area contributed by atoms with Crippen molar-refractivity contribution in [2.45, 2.75) is 48.0 Å². The van der Waals surface area contributed by atoms with Crippen LogP contribution in [0.25, 0.3) is 0 Å². The van der Waals surface area contributed by atoms with Gasteiger partial charge >= 0.3 is 0 Å². The summed E-state index contributed by atoms with van der Waals surface area (Å²) >= 11 is 0. The van der Waals surface area contributed by atoms with E-state index in [-0.39, 0.29) is 5.78 Å². The van der Waals surface area contributed by atoms with Gasteiger partial charge in [0.15, 0.2) is 5.78 Å². The van der Waals surface area contributed by atoms with E-state index < -0.39 is 0 Å². The van der Waals surface area contributed by atoms with Crippen molar-refractivity contribution in [2.75, 3.05) is 0 Å². The molecule has 0 N–H and O–H groups in total. The van der Waals surface area contributed by atoms with Crippen LogP contribution in [0.5, 0.6) is 0 Å². The minimum atomic E-state index is 0.114. The van der Waals surface area contributed by atoms with Crippen LogP contribution >= 0.6 is 0 Å². The molecular weight excluding hydrogens is 184 g/mol. The zero-order chi connectivity index (χ0) is 12.4. The van der Waals surface area contributed by atoms with Gasteiger partial charge in [0.05, 0.1) is 0 Å². The van der Waals surface area contributed by atoms with E-state index >= 15 is 0 Å². The van der Waals surface area contributed by atoms with Crippen LogP contribution < -0.4 is 0 Å². The zero-order valence-corrected chi connectivity index (χ0v) is 11.0. The van der Waals surface area contributed by atoms with Gasteiger partial charge in [-0.1, -0.05) is 39.0 Å². The Morgan fingerprint density at radius 1 is 1.20 bits per heavy atom. The quantitative estimate of drug-likeness (QED) is 0.492. The zero-order valence-electron chi connectivity index (χ0n) is 11.0. The lowest BCUT2D eigenvalue weighted by atomic mass is 10.0. The first-order valence-electron chi connectivity index (χ1n) is 5.56. The van der Waals surface area contributed by atoms with E-state index in [1.54, 1.807) is 0 Å². The Balaban J connectivity index is 0. The Bertz CT molecular complexity index is 267. The average Bonchev–Trinajstić information content (AvgIpc) is 2.29. The number of hydrogen-bond donors (Lipinski definition) is 0. The van der Waals surface area contributed by atoms with Crippen LogP contribution in [0.1, 0.15) is 48.0 Å². The molecule has 0 aliphatic carbocycles. The van der Waals surface area contributed by atoms with Crippen LogP contribution in [-0.4, -0.2) is 5.78 Å². The van der Waals surface area contributed by atoms with Crippen molar-refractivity contribution in [3.8, 4) is 0 Å². The maximum absolute atomic E-state index is 11.2. The Labute approximate surface area is 94.6 Å². The number of hydrogen-bond acceptors (Lipinski definition) is 1. The lowest BCUT2D eigenvalue weighted by molar-refractivity contribution is -0.114. The van der Waals surface area contributed by atoms with Gasteiger partial charge in [-0.3, -0.25) is 4.79 Å². The summed E-state index contributed by atoms with van der Waals surface area (Å²) in [6, 6.07) is 0. The molecule has 0 aromatic carbocycles. The van der Waals surface area contributed by atoms with Gasteiger partial charge in [-0.25, -0.2) is 0 Å². The molecule has 0 aromatic rings. The summed E-state index contributed by atoms with van der Waals surface area (Å²) in [6.07, 6.45) is 4.40. The van der Waals surface area contributed by atoms with Gasteiger partial charge < -0.3 is 0 Å². The highest BCUT2D eigenvalue weighted by Crippen LogP contribution is 2.11. The second-order valence-electron chi connectivity index (χ2n) is 3.10. The molecule has 0 atom stereocenters. The first-order valence-corrected chi connectivity index (χ1v) is 5.56. The summed E-state index contributed by atoms with van der Waals surface area (Å²) in [4.78, 5) is 11.2. The number of rotatable bonds is 4. The summed E-state index contributed by atoms with van der Waals surface area (Å²) in [7, 11) is 0. The van der Waals surface area contributed by atoms with E-state index in [0.717, 1.165) is 5.57 Å². The molecule has 0 spiro atoms. The molecule has 0 amide bonds. The highest BCUT2D eigenvalue weighted by Gasteiger charge is 2.01. The van der Waals surface area contributed by atoms with Crippen LogP contribution in [0.2, 0.25) is 0 Å². The minimum Gasteiger partial charge on any atom is -0.294 e. The van der Waals surface area contributed by atoms with Crippen molar-refractivity contribution in [3.05, 3.63) is 35.5 Å². The third-order valence-corrected chi connectivity index (χ3v) is 2.13. The van der Waals surface area contributed by atoms with Gasteiger partial charge in [0.1, 0.15) is 0 Å². The number of allylic oxidation sites excluding steroid dienone is 5. The molecule has 0 aliphatic heterocycles. The van der Waals surface area contributed by atoms with Crippen LogP contribution in [-0.2, 0) is 4.79 Å². The molecule has 0 unspecified atom stereocenters. The number of carbonyl (C=O) groups is 1. The maximum Gasteiger partial charge on any atom is 0.162 e. The first-order chi connectivity index (χ1) is 7.02. The summed E-state index contributed by atoms with van der Waals surface area (Å²) in [6.45, 7) is 15.6. The second-order valence-corrected chi connectivity index (χ2v) is 3.10. The third kappa shape index (κ3) is 6.89. The van der Waals surface area contributed by atoms with Crippen molar-refractivity contribution in [2.24, 2.45) is 0 Å². The van der Waals surface area contributed by atoms with Crippen LogP contribution in [0.3, 0.4) is 0 Å². The van der Waals surface area contributed by atoms with Crippen molar-refractivity contribution >= 4 is 5.78 Å². The van der Waals surface area contributed by atoms with Crippen molar-refractivity contribution in [3.63, 3.8) is 0 Å². The van der Waals surface area contributed by atoms with Gasteiger partial charge in [0, 0.05) is 12.0 Å². The normalized spacial score (nSPS) is 11.6. The summed E-state index contributed by atoms with van der Waals surface area (Å²) in [5.74, 6) is 0.114. The first kappa shape index (κ1) is 16.3. The lowest BCUT2D eigenvalue weighted by Crippen LogP contribution is -1.97. The van der Waals surface area contributed by atoms with Gasteiger partial charge in [0.2, 0.25) is 0 Å². The van der Waals surface area contributed by atoms with Gasteiger partial charge in [-0.15, -0.1) is 0 Å². The predicted octanol–water partition coefficient (Wildman–Crippen LogP) is 4.46. The van der Waals surface area contributed by atoms with Gasteiger partial charge in [-0.2, -0.15) is 0 Å². The Kier molecular flexibility index (Phi) is 10.3. The third-order valence-electron chi connectivity index (χ3n) is 2.13. The topological polar surface area (TPSA) is 17.1 Å². The SMILES string of the molecule is C=C(/C=C(C)\C(C)=C/C)C(=O)CC.CC. The molecular formula is C14H24O. The molecule has 0 saturated carbocycles. The molecule has 1 nitrogen and oxygen atoms in total. The van der Waals surface area contributed by atoms with Crippen molar-refractivity contribution < 1.29 is 4.79 Å². The molecule has 15 heavy (non-hydrogen) atoms. The highest BCUT2D eigenvalue weighted by atomic mass is 16.1. The smallest absolute Gasteiger partial charge is 0.162 e. The summed E-state index contributed by atoms with van der Waals surface area (Å²) < 4.78 is 0. The molecule has 0 saturated heterocycles. The van der Waals surface area contributed by atoms with Gasteiger partial charge in [-0.05, 0) is 32.4 Å². The molecule has 86 valence electrons. The highest BCUT2D eigenvalue weighted by molar-refractivity contribution is 5.97. The predicted molar refractivity (Wildman–Crippen MR) is 69.0 cm³/mol. The molecule has 0 radical (unpaired) electrons. The number of Topliss-reactive ketones (excluding diaryl/α,β-unsaturated/α-hetero) is 1. The van der Waals surface area contributed by atoms with E-state index in [0.29, 0.717) is 12.0 Å². The molecule has 0 aliphatic rings. The fourth-order valence-corrected chi connectivity index (χ4v) is 0.910. The second kappa shape index (κ2) is 9.45. The lowest BCUT2D eigenvalue weighted by Gasteiger charge is -2.01. The number of carbonyl (C=O) groups excluding carboxylic acids is 1. The monoisotopic (exact) mass is 208 g/mol. The summed E-state index contributed by atoms with van der Waals surface area (Å²) in [5, 5.41) is 0. The molecule has 0 aromatic heterocycles. The largest absolute Gasteiger partial charge is 0.294 e. The van der Waals surface area contributed by atoms with Crippen molar-refractivity contribution in [1.82, 2.24) is 0 Å². The fraction of sp³-hybridized carbons (Fsp3) is 0.500. The van der Waals surface area contributed by atoms with Crippen LogP contribution in [0.15, 0.2) is 35.5 Å². The summed E-state index contributed by atoms with van der Waals surface area (Å²) in [5.41, 5.74) is 2.89. The van der Waals surface area contributed by atoms with Gasteiger partial charge in [0.25, 0.3) is 0 Å². The molecule has 0 bridgehead atoms. The fourth-order valence-electron chi connectivity index (χ4n) is 0.910. The Morgan fingerprint density at radius 2 is 1.67 bits per heavy atom. The van der Waals surface area contributed by atoms with E-state index in [2.05, 4.69) is 6.58 Å².